The number of rotatable bonds is 4. The zero-order valence-corrected chi connectivity index (χ0v) is 14.5. The molecular formula is C18H21FN2O2S. The van der Waals surface area contributed by atoms with Crippen molar-refractivity contribution in [1.82, 2.24) is 4.31 Å². The number of nitrogens with zero attached hydrogens (tertiary/aromatic N) is 2. The number of halogens is 1. The van der Waals surface area contributed by atoms with E-state index in [1.54, 1.807) is 0 Å². The predicted octanol–water partition coefficient (Wildman–Crippen LogP) is 2.79. The molecule has 0 amide bonds. The van der Waals surface area contributed by atoms with E-state index in [2.05, 4.69) is 17.0 Å². The lowest BCUT2D eigenvalue weighted by Gasteiger charge is -2.35. The van der Waals surface area contributed by atoms with Gasteiger partial charge in [-0.25, -0.2) is 12.8 Å². The Labute approximate surface area is 142 Å². The fourth-order valence-corrected chi connectivity index (χ4v) is 4.45. The number of sulfonamides is 1. The first-order valence-corrected chi connectivity index (χ1v) is 9.59. The molecule has 0 bridgehead atoms. The summed E-state index contributed by atoms with van der Waals surface area (Å²) < 4.78 is 39.6. The molecular weight excluding hydrogens is 327 g/mol. The molecule has 0 radical (unpaired) electrons. The third kappa shape index (κ3) is 3.94. The Kier molecular flexibility index (Phi) is 4.87. The van der Waals surface area contributed by atoms with Crippen molar-refractivity contribution in [2.75, 3.05) is 31.1 Å². The lowest BCUT2D eigenvalue weighted by atomic mass is 10.2. The Bertz CT molecular complexity index is 798. The molecule has 1 aliphatic rings. The molecule has 0 aromatic heterocycles. The van der Waals surface area contributed by atoms with Crippen LogP contribution in [-0.4, -0.2) is 38.9 Å². The summed E-state index contributed by atoms with van der Waals surface area (Å²) in [7, 11) is -3.38. The van der Waals surface area contributed by atoms with Crippen LogP contribution in [0.1, 0.15) is 11.1 Å². The van der Waals surface area contributed by atoms with Crippen LogP contribution in [0.3, 0.4) is 0 Å². The minimum Gasteiger partial charge on any atom is -0.369 e. The summed E-state index contributed by atoms with van der Waals surface area (Å²) in [5.74, 6) is -0.444. The van der Waals surface area contributed by atoms with Crippen molar-refractivity contribution >= 4 is 15.7 Å². The van der Waals surface area contributed by atoms with Crippen LogP contribution in [-0.2, 0) is 15.8 Å². The van der Waals surface area contributed by atoms with E-state index >= 15 is 0 Å². The Hall–Kier alpha value is -1.92. The van der Waals surface area contributed by atoms with Crippen LogP contribution in [0.5, 0.6) is 0 Å². The summed E-state index contributed by atoms with van der Waals surface area (Å²) in [6, 6.07) is 13.9. The van der Waals surface area contributed by atoms with E-state index in [0.29, 0.717) is 31.7 Å². The highest BCUT2D eigenvalue weighted by Crippen LogP contribution is 2.20. The average Bonchev–Trinajstić information content (AvgIpc) is 2.57. The van der Waals surface area contributed by atoms with Crippen molar-refractivity contribution in [1.29, 1.82) is 0 Å². The average molecular weight is 348 g/mol. The summed E-state index contributed by atoms with van der Waals surface area (Å²) in [4.78, 5) is 2.21. The maximum Gasteiger partial charge on any atom is 0.218 e. The van der Waals surface area contributed by atoms with E-state index in [0.717, 1.165) is 5.69 Å². The summed E-state index contributed by atoms with van der Waals surface area (Å²) in [6.45, 7) is 4.33. The SMILES string of the molecule is Cc1cccc(N2CCN(S(=O)(=O)Cc3ccc(F)cc3)CC2)c1. The van der Waals surface area contributed by atoms with Crippen molar-refractivity contribution in [3.63, 3.8) is 0 Å². The van der Waals surface area contributed by atoms with Crippen LogP contribution in [0.25, 0.3) is 0 Å². The van der Waals surface area contributed by atoms with Gasteiger partial charge in [0, 0.05) is 31.9 Å². The van der Waals surface area contributed by atoms with Gasteiger partial charge in [-0.15, -0.1) is 0 Å². The molecule has 24 heavy (non-hydrogen) atoms. The van der Waals surface area contributed by atoms with Gasteiger partial charge in [0.2, 0.25) is 10.0 Å². The number of anilines is 1. The predicted molar refractivity (Wildman–Crippen MR) is 94.0 cm³/mol. The molecule has 0 saturated carbocycles. The summed E-state index contributed by atoms with van der Waals surface area (Å²) >= 11 is 0. The third-order valence-corrected chi connectivity index (χ3v) is 6.11. The monoisotopic (exact) mass is 348 g/mol. The zero-order valence-electron chi connectivity index (χ0n) is 13.7. The first kappa shape index (κ1) is 16.9. The summed E-state index contributed by atoms with van der Waals surface area (Å²) in [5, 5.41) is 0. The molecule has 1 aliphatic heterocycles. The van der Waals surface area contributed by atoms with E-state index in [-0.39, 0.29) is 11.6 Å². The van der Waals surface area contributed by atoms with Crippen LogP contribution in [0.2, 0.25) is 0 Å². The van der Waals surface area contributed by atoms with Crippen molar-refractivity contribution in [3.8, 4) is 0 Å². The van der Waals surface area contributed by atoms with E-state index in [1.807, 2.05) is 19.1 Å². The molecule has 128 valence electrons. The minimum absolute atomic E-state index is 0.0856. The highest BCUT2D eigenvalue weighted by Gasteiger charge is 2.27. The molecule has 0 unspecified atom stereocenters. The summed E-state index contributed by atoms with van der Waals surface area (Å²) in [6.07, 6.45) is 0. The van der Waals surface area contributed by atoms with Gasteiger partial charge in [0.1, 0.15) is 5.82 Å². The van der Waals surface area contributed by atoms with Crippen molar-refractivity contribution < 1.29 is 12.8 Å². The Morgan fingerprint density at radius 2 is 1.67 bits per heavy atom. The second kappa shape index (κ2) is 6.91. The van der Waals surface area contributed by atoms with Crippen LogP contribution >= 0.6 is 0 Å². The van der Waals surface area contributed by atoms with Gasteiger partial charge in [0.15, 0.2) is 0 Å². The fourth-order valence-electron chi connectivity index (χ4n) is 2.93. The highest BCUT2D eigenvalue weighted by molar-refractivity contribution is 7.88. The van der Waals surface area contributed by atoms with Crippen molar-refractivity contribution in [3.05, 3.63) is 65.5 Å². The fraction of sp³-hybridized carbons (Fsp3) is 0.333. The number of hydrogen-bond donors (Lipinski definition) is 0. The van der Waals surface area contributed by atoms with E-state index < -0.39 is 10.0 Å². The molecule has 0 aliphatic carbocycles. The molecule has 2 aromatic rings. The van der Waals surface area contributed by atoms with E-state index in [1.165, 1.54) is 34.1 Å². The van der Waals surface area contributed by atoms with E-state index in [4.69, 9.17) is 0 Å². The van der Waals surface area contributed by atoms with Crippen LogP contribution in [0, 0.1) is 12.7 Å². The standard InChI is InChI=1S/C18H21FN2O2S/c1-15-3-2-4-18(13-15)20-9-11-21(12-10-20)24(22,23)14-16-5-7-17(19)8-6-16/h2-8,13H,9-12,14H2,1H3. The quantitative estimate of drug-likeness (QED) is 0.853. The maximum absolute atomic E-state index is 12.9. The molecule has 0 N–H and O–H groups in total. The number of aryl methyl sites for hydroxylation is 1. The van der Waals surface area contributed by atoms with Gasteiger partial charge in [-0.3, -0.25) is 0 Å². The van der Waals surface area contributed by atoms with Crippen molar-refractivity contribution in [2.45, 2.75) is 12.7 Å². The van der Waals surface area contributed by atoms with Crippen LogP contribution < -0.4 is 4.90 Å². The molecule has 1 saturated heterocycles. The highest BCUT2D eigenvalue weighted by atomic mass is 32.2. The lowest BCUT2D eigenvalue weighted by molar-refractivity contribution is 0.384. The maximum atomic E-state index is 12.9. The van der Waals surface area contributed by atoms with Gasteiger partial charge in [-0.2, -0.15) is 4.31 Å². The smallest absolute Gasteiger partial charge is 0.218 e. The van der Waals surface area contributed by atoms with Crippen molar-refractivity contribution in [2.24, 2.45) is 0 Å². The molecule has 0 spiro atoms. The first-order chi connectivity index (χ1) is 11.4. The minimum atomic E-state index is -3.38. The second-order valence-electron chi connectivity index (χ2n) is 6.11. The largest absolute Gasteiger partial charge is 0.369 e. The molecule has 3 rings (SSSR count). The number of benzene rings is 2. The van der Waals surface area contributed by atoms with Gasteiger partial charge in [-0.05, 0) is 42.3 Å². The second-order valence-corrected chi connectivity index (χ2v) is 8.08. The molecule has 1 fully saturated rings. The Morgan fingerprint density at radius 3 is 2.29 bits per heavy atom. The molecule has 4 nitrogen and oxygen atoms in total. The Morgan fingerprint density at radius 1 is 1.00 bits per heavy atom. The third-order valence-electron chi connectivity index (χ3n) is 4.26. The topological polar surface area (TPSA) is 40.6 Å². The molecule has 2 aromatic carbocycles. The number of piperazine rings is 1. The van der Waals surface area contributed by atoms with Gasteiger partial charge in [-0.1, -0.05) is 24.3 Å². The van der Waals surface area contributed by atoms with E-state index in [9.17, 15) is 12.8 Å². The first-order valence-electron chi connectivity index (χ1n) is 7.98. The normalized spacial score (nSPS) is 16.3. The molecule has 6 heteroatoms. The zero-order chi connectivity index (χ0) is 17.2. The van der Waals surface area contributed by atoms with Crippen LogP contribution in [0.15, 0.2) is 48.5 Å². The van der Waals surface area contributed by atoms with Gasteiger partial charge in [0.25, 0.3) is 0 Å². The lowest BCUT2D eigenvalue weighted by Crippen LogP contribution is -2.49. The molecule has 0 atom stereocenters. The van der Waals surface area contributed by atoms with Crippen LogP contribution in [0.4, 0.5) is 10.1 Å². The van der Waals surface area contributed by atoms with Gasteiger partial charge in [0.05, 0.1) is 5.75 Å². The van der Waals surface area contributed by atoms with Gasteiger partial charge >= 0.3 is 0 Å². The Balaban J connectivity index is 1.64. The molecule has 1 heterocycles. The number of hydrogen-bond acceptors (Lipinski definition) is 3. The summed E-state index contributed by atoms with van der Waals surface area (Å²) in [5.41, 5.74) is 2.93. The van der Waals surface area contributed by atoms with Gasteiger partial charge < -0.3 is 4.90 Å².